The Labute approximate surface area is 148 Å². The Bertz CT molecular complexity index is 702. The number of nitrogens with zero attached hydrogens (tertiary/aromatic N) is 3. The third kappa shape index (κ3) is 3.10. The lowest BCUT2D eigenvalue weighted by Gasteiger charge is -2.55. The van der Waals surface area contributed by atoms with Gasteiger partial charge in [0.1, 0.15) is 39.3 Å². The molecule has 1 N–H and O–H groups in total. The lowest BCUT2D eigenvalue weighted by Crippen LogP contribution is -2.75. The van der Waals surface area contributed by atoms with Gasteiger partial charge in [0, 0.05) is 19.4 Å². The largest absolute Gasteiger partial charge is 0.396 e. The summed E-state index contributed by atoms with van der Waals surface area (Å²) < 4.78 is 3.92. The molecule has 3 aliphatic heterocycles. The average Bonchev–Trinajstić information content (AvgIpc) is 2.99. The van der Waals surface area contributed by atoms with Gasteiger partial charge >= 0.3 is 0 Å². The molecule has 0 radical (unpaired) electrons. The second-order valence-corrected chi connectivity index (χ2v) is 9.07. The van der Waals surface area contributed by atoms with Gasteiger partial charge in [0.2, 0.25) is 0 Å². The number of hydrogen-bond donors (Lipinski definition) is 1. The van der Waals surface area contributed by atoms with Crippen LogP contribution in [0.2, 0.25) is 0 Å². The number of fused-ring (bicyclic) bond motifs is 4. The molecule has 24 heavy (non-hydrogen) atoms. The zero-order valence-electron chi connectivity index (χ0n) is 14.7. The van der Waals surface area contributed by atoms with Crippen molar-refractivity contribution in [2.45, 2.75) is 19.8 Å². The summed E-state index contributed by atoms with van der Waals surface area (Å²) in [7, 11) is 0. The molecule has 0 amide bonds. The lowest BCUT2D eigenvalue weighted by atomic mass is 10.0. The van der Waals surface area contributed by atoms with Crippen LogP contribution in [0.1, 0.15) is 17.0 Å². The van der Waals surface area contributed by atoms with Crippen molar-refractivity contribution in [2.75, 3.05) is 59.0 Å². The van der Waals surface area contributed by atoms with Gasteiger partial charge in [0.15, 0.2) is 0 Å². The Morgan fingerprint density at radius 3 is 2.38 bits per heavy atom. The predicted octanol–water partition coefficient (Wildman–Crippen LogP) is 2.19. The van der Waals surface area contributed by atoms with Crippen molar-refractivity contribution in [3.63, 3.8) is 0 Å². The van der Waals surface area contributed by atoms with E-state index in [-0.39, 0.29) is 0 Å². The zero-order chi connectivity index (χ0) is 16.6. The van der Waals surface area contributed by atoms with Gasteiger partial charge in [0.05, 0.1) is 28.3 Å². The normalized spacial score (nSPS) is 29.4. The van der Waals surface area contributed by atoms with Gasteiger partial charge in [-0.25, -0.2) is 4.98 Å². The second kappa shape index (κ2) is 6.37. The molecule has 0 aliphatic carbocycles. The van der Waals surface area contributed by atoms with Crippen molar-refractivity contribution in [2.24, 2.45) is 0 Å². The first kappa shape index (κ1) is 16.5. The number of aliphatic hydroxyl groups is 1. The number of piperazine rings is 3. The molecule has 3 aliphatic rings. The molecule has 5 rings (SSSR count). The van der Waals surface area contributed by atoms with Gasteiger partial charge in [-0.15, -0.1) is 11.3 Å². The highest BCUT2D eigenvalue weighted by Gasteiger charge is 2.48. The summed E-state index contributed by atoms with van der Waals surface area (Å²) in [5.74, 6) is 0. The summed E-state index contributed by atoms with van der Waals surface area (Å²) >= 11 is 1.81. The Morgan fingerprint density at radius 1 is 1.04 bits per heavy atom. The maximum absolute atomic E-state index is 9.14. The van der Waals surface area contributed by atoms with E-state index in [2.05, 4.69) is 30.1 Å². The highest BCUT2D eigenvalue weighted by Crippen LogP contribution is 2.28. The molecule has 5 heteroatoms. The number of aromatic nitrogens is 1. The van der Waals surface area contributed by atoms with Gasteiger partial charge in [-0.05, 0) is 24.6 Å². The van der Waals surface area contributed by atoms with Crippen LogP contribution < -0.4 is 0 Å². The van der Waals surface area contributed by atoms with Crippen LogP contribution in [0.3, 0.4) is 0 Å². The first-order valence-electron chi connectivity index (χ1n) is 9.29. The lowest BCUT2D eigenvalue weighted by molar-refractivity contribution is -1.08. The van der Waals surface area contributed by atoms with Crippen molar-refractivity contribution in [1.29, 1.82) is 0 Å². The minimum absolute atomic E-state index is 0.347. The van der Waals surface area contributed by atoms with Crippen LogP contribution in [0, 0.1) is 6.92 Å². The van der Waals surface area contributed by atoms with Crippen molar-refractivity contribution >= 4 is 21.6 Å². The Kier molecular flexibility index (Phi) is 4.37. The maximum Gasteiger partial charge on any atom is 0.129 e. The maximum atomic E-state index is 9.14. The van der Waals surface area contributed by atoms with Gasteiger partial charge < -0.3 is 14.1 Å². The van der Waals surface area contributed by atoms with Gasteiger partial charge in [-0.2, -0.15) is 0 Å². The van der Waals surface area contributed by atoms with Crippen molar-refractivity contribution in [1.82, 2.24) is 4.98 Å². The number of hydrogen-bond acceptors (Lipinski definition) is 3. The molecule has 0 saturated carbocycles. The van der Waals surface area contributed by atoms with Crippen LogP contribution in [0.15, 0.2) is 18.2 Å². The minimum Gasteiger partial charge on any atom is -0.396 e. The topological polar surface area (TPSA) is 33.1 Å². The molecule has 4 nitrogen and oxygen atoms in total. The Hall–Kier alpha value is -1.01. The molecule has 1 aromatic heterocycles. The van der Waals surface area contributed by atoms with E-state index in [1.54, 1.807) is 0 Å². The van der Waals surface area contributed by atoms with Crippen LogP contribution in [0.25, 0.3) is 10.2 Å². The summed E-state index contributed by atoms with van der Waals surface area (Å²) in [6.07, 6.45) is 2.15. The molecule has 0 spiro atoms. The van der Waals surface area contributed by atoms with E-state index in [0.29, 0.717) is 6.61 Å². The SMILES string of the molecule is Cc1nc2ccc(CC[N+]34CC[N+](CCCO)(CC3)CC4)cc2s1. The van der Waals surface area contributed by atoms with E-state index >= 15 is 0 Å². The van der Waals surface area contributed by atoms with Crippen LogP contribution >= 0.6 is 11.3 Å². The molecule has 4 heterocycles. The molecular weight excluding hydrogens is 318 g/mol. The van der Waals surface area contributed by atoms with Gasteiger partial charge in [-0.3, -0.25) is 0 Å². The highest BCUT2D eigenvalue weighted by atomic mass is 32.1. The van der Waals surface area contributed by atoms with E-state index in [9.17, 15) is 0 Å². The molecule has 0 atom stereocenters. The molecule has 2 aromatic rings. The molecule has 1 aromatic carbocycles. The van der Waals surface area contributed by atoms with E-state index in [1.807, 2.05) is 11.3 Å². The van der Waals surface area contributed by atoms with Crippen molar-refractivity contribution < 1.29 is 14.1 Å². The average molecular weight is 348 g/mol. The third-order valence-corrected chi connectivity index (χ3v) is 7.30. The van der Waals surface area contributed by atoms with E-state index in [4.69, 9.17) is 5.11 Å². The molecular formula is C19H29N3OS+2. The molecule has 0 unspecified atom stereocenters. The number of quaternary nitrogens is 2. The summed E-state index contributed by atoms with van der Waals surface area (Å²) in [5, 5.41) is 10.3. The monoisotopic (exact) mass is 347 g/mol. The summed E-state index contributed by atoms with van der Waals surface area (Å²) in [4.78, 5) is 4.57. The van der Waals surface area contributed by atoms with Crippen molar-refractivity contribution in [3.8, 4) is 0 Å². The summed E-state index contributed by atoms with van der Waals surface area (Å²) in [5.41, 5.74) is 2.62. The summed E-state index contributed by atoms with van der Waals surface area (Å²) in [6, 6.07) is 6.82. The molecule has 2 bridgehead atoms. The minimum atomic E-state index is 0.347. The number of aliphatic hydroxyl groups excluding tert-OH is 1. The third-order valence-electron chi connectivity index (χ3n) is 6.37. The molecule has 130 valence electrons. The van der Waals surface area contributed by atoms with Gasteiger partial charge in [-0.1, -0.05) is 6.07 Å². The smallest absolute Gasteiger partial charge is 0.129 e. The van der Waals surface area contributed by atoms with E-state index < -0.39 is 0 Å². The van der Waals surface area contributed by atoms with Crippen LogP contribution in [0.5, 0.6) is 0 Å². The first-order valence-corrected chi connectivity index (χ1v) is 10.1. The Morgan fingerprint density at radius 2 is 1.71 bits per heavy atom. The quantitative estimate of drug-likeness (QED) is 0.813. The van der Waals surface area contributed by atoms with Crippen LogP contribution in [-0.2, 0) is 6.42 Å². The van der Waals surface area contributed by atoms with Gasteiger partial charge in [0.25, 0.3) is 0 Å². The van der Waals surface area contributed by atoms with E-state index in [1.165, 1.54) is 78.0 Å². The zero-order valence-corrected chi connectivity index (χ0v) is 15.5. The fraction of sp³-hybridized carbons (Fsp3) is 0.632. The van der Waals surface area contributed by atoms with Crippen LogP contribution in [-0.4, -0.2) is 78.0 Å². The van der Waals surface area contributed by atoms with Crippen molar-refractivity contribution in [3.05, 3.63) is 28.8 Å². The standard InChI is InChI=1S/C19H29N3OS/c1-16-20-18-4-3-17(15-19(18)24-16)5-7-22-11-8-21(9-12-22,10-13-22)6-2-14-23/h3-4,15,23H,2,5-14H2,1H3/q+2. The predicted molar refractivity (Wildman–Crippen MR) is 99.2 cm³/mol. The number of thiazole rings is 1. The Balaban J connectivity index is 1.39. The molecule has 3 saturated heterocycles. The first-order chi connectivity index (χ1) is 11.6. The summed E-state index contributed by atoms with van der Waals surface area (Å²) in [6.45, 7) is 12.8. The second-order valence-electron chi connectivity index (χ2n) is 7.83. The number of benzene rings is 1. The number of aryl methyl sites for hydroxylation is 1. The fourth-order valence-electron chi connectivity index (χ4n) is 4.63. The van der Waals surface area contributed by atoms with E-state index in [0.717, 1.165) is 16.9 Å². The molecule has 3 fully saturated rings. The van der Waals surface area contributed by atoms with Crippen LogP contribution in [0.4, 0.5) is 0 Å². The number of rotatable bonds is 6. The fourth-order valence-corrected chi connectivity index (χ4v) is 5.52. The highest BCUT2D eigenvalue weighted by molar-refractivity contribution is 7.18.